The third-order valence-electron chi connectivity index (χ3n) is 8.34. The number of aromatic amines is 1. The van der Waals surface area contributed by atoms with E-state index in [0.717, 1.165) is 23.3 Å². The summed E-state index contributed by atoms with van der Waals surface area (Å²) in [5.74, 6) is 2.29. The van der Waals surface area contributed by atoms with Gasteiger partial charge in [0.25, 0.3) is 0 Å². The van der Waals surface area contributed by atoms with Crippen LogP contribution in [0.4, 0.5) is 11.4 Å². The van der Waals surface area contributed by atoms with E-state index >= 15 is 0 Å². The van der Waals surface area contributed by atoms with Crippen molar-refractivity contribution in [1.29, 1.82) is 0 Å². The van der Waals surface area contributed by atoms with Crippen molar-refractivity contribution in [1.82, 2.24) is 9.97 Å². The molecule has 0 bridgehead atoms. The number of hydrogen-bond donors (Lipinski definition) is 2. The van der Waals surface area contributed by atoms with Gasteiger partial charge in [-0.1, -0.05) is 104 Å². The second-order valence-corrected chi connectivity index (χ2v) is 12.8. The summed E-state index contributed by atoms with van der Waals surface area (Å²) in [6.07, 6.45) is 6.05. The van der Waals surface area contributed by atoms with E-state index in [1.165, 1.54) is 81.6 Å². The first-order chi connectivity index (χ1) is 19.0. The highest BCUT2D eigenvalue weighted by atomic mass is 15.0. The Balaban J connectivity index is 1.93. The maximum atomic E-state index is 5.31. The van der Waals surface area contributed by atoms with Gasteiger partial charge in [0, 0.05) is 11.3 Å². The SMILES string of the molecule is CCCCCCc1ccc2[nH]c(-c3c(C)cc(C)cc3C)nc2c1Nc1c(C(C)C)cc(C(C)C)cc1C(C)C. The van der Waals surface area contributed by atoms with E-state index in [0.29, 0.717) is 17.8 Å². The van der Waals surface area contributed by atoms with Gasteiger partial charge >= 0.3 is 0 Å². The molecule has 0 aliphatic rings. The van der Waals surface area contributed by atoms with Crippen LogP contribution in [0.25, 0.3) is 22.4 Å². The molecule has 1 aromatic heterocycles. The molecule has 4 aromatic rings. The molecule has 2 N–H and O–H groups in total. The predicted molar refractivity (Wildman–Crippen MR) is 176 cm³/mol. The lowest BCUT2D eigenvalue weighted by molar-refractivity contribution is 0.667. The van der Waals surface area contributed by atoms with E-state index in [9.17, 15) is 0 Å². The molecular weight excluding hydrogens is 486 g/mol. The number of aromatic nitrogens is 2. The summed E-state index contributed by atoms with van der Waals surface area (Å²) < 4.78 is 0. The lowest BCUT2D eigenvalue weighted by atomic mass is 9.87. The van der Waals surface area contributed by atoms with Crippen LogP contribution in [0.1, 0.15) is 131 Å². The van der Waals surface area contributed by atoms with Crippen LogP contribution in [0.15, 0.2) is 36.4 Å². The number of aryl methyl sites for hydroxylation is 4. The summed E-state index contributed by atoms with van der Waals surface area (Å²) in [5.41, 5.74) is 15.2. The molecule has 0 amide bonds. The standard InChI is InChI=1S/C37H51N3/c1-11-12-13-14-15-28-16-17-32-36(40-37(38-32)33-26(9)18-25(8)19-27(33)10)34(28)39-35-30(23(4)5)20-29(22(2)3)21-31(35)24(6)7/h16-24,39H,11-15H2,1-10H3,(H,38,40). The van der Waals surface area contributed by atoms with Gasteiger partial charge in [-0.2, -0.15) is 0 Å². The first-order valence-corrected chi connectivity index (χ1v) is 15.6. The summed E-state index contributed by atoms with van der Waals surface area (Å²) in [4.78, 5) is 9.00. The highest BCUT2D eigenvalue weighted by Gasteiger charge is 2.21. The van der Waals surface area contributed by atoms with Crippen molar-refractivity contribution in [2.24, 2.45) is 0 Å². The number of benzene rings is 3. The fourth-order valence-corrected chi connectivity index (χ4v) is 6.10. The van der Waals surface area contributed by atoms with Crippen molar-refractivity contribution in [3.05, 3.63) is 75.3 Å². The van der Waals surface area contributed by atoms with Gasteiger partial charge in [-0.15, -0.1) is 0 Å². The van der Waals surface area contributed by atoms with Gasteiger partial charge in [0.1, 0.15) is 11.3 Å². The summed E-state index contributed by atoms with van der Waals surface area (Å²) >= 11 is 0. The largest absolute Gasteiger partial charge is 0.353 e. The van der Waals surface area contributed by atoms with Crippen LogP contribution in [0.3, 0.4) is 0 Å². The molecule has 3 nitrogen and oxygen atoms in total. The van der Waals surface area contributed by atoms with E-state index < -0.39 is 0 Å². The number of imidazole rings is 1. The number of rotatable bonds is 11. The molecule has 0 aliphatic carbocycles. The smallest absolute Gasteiger partial charge is 0.139 e. The summed E-state index contributed by atoms with van der Waals surface area (Å²) in [6.45, 7) is 22.7. The summed E-state index contributed by atoms with van der Waals surface area (Å²) in [7, 11) is 0. The molecular formula is C37H51N3. The molecule has 0 unspecified atom stereocenters. The molecule has 0 radical (unpaired) electrons. The minimum Gasteiger partial charge on any atom is -0.353 e. The number of unbranched alkanes of at least 4 members (excludes halogenated alkanes) is 3. The first-order valence-electron chi connectivity index (χ1n) is 15.6. The summed E-state index contributed by atoms with van der Waals surface area (Å²) in [5, 5.41) is 4.04. The van der Waals surface area contributed by atoms with Gasteiger partial charge in [0.2, 0.25) is 0 Å². The highest BCUT2D eigenvalue weighted by Crippen LogP contribution is 2.41. The van der Waals surface area contributed by atoms with Crippen LogP contribution >= 0.6 is 0 Å². The Morgan fingerprint density at radius 3 is 1.93 bits per heavy atom. The molecule has 0 saturated carbocycles. The molecule has 0 spiro atoms. The average Bonchev–Trinajstić information content (AvgIpc) is 3.30. The van der Waals surface area contributed by atoms with Crippen LogP contribution in [-0.4, -0.2) is 9.97 Å². The Bertz CT molecular complexity index is 1420. The molecule has 214 valence electrons. The molecule has 0 atom stereocenters. The molecule has 40 heavy (non-hydrogen) atoms. The van der Waals surface area contributed by atoms with Crippen LogP contribution in [0.2, 0.25) is 0 Å². The van der Waals surface area contributed by atoms with Crippen molar-refractivity contribution < 1.29 is 0 Å². The Morgan fingerprint density at radius 2 is 1.38 bits per heavy atom. The minimum absolute atomic E-state index is 0.415. The van der Waals surface area contributed by atoms with Crippen molar-refractivity contribution in [3.63, 3.8) is 0 Å². The quantitative estimate of drug-likeness (QED) is 0.187. The predicted octanol–water partition coefficient (Wildman–Crippen LogP) is 11.4. The maximum Gasteiger partial charge on any atom is 0.139 e. The maximum absolute atomic E-state index is 5.31. The normalized spacial score (nSPS) is 11.9. The lowest BCUT2D eigenvalue weighted by Crippen LogP contribution is -2.08. The zero-order chi connectivity index (χ0) is 29.1. The second-order valence-electron chi connectivity index (χ2n) is 12.8. The van der Waals surface area contributed by atoms with Gasteiger partial charge in [0.05, 0.1) is 11.2 Å². The van der Waals surface area contributed by atoms with Crippen LogP contribution in [0.5, 0.6) is 0 Å². The zero-order valence-corrected chi connectivity index (χ0v) is 26.7. The Hall–Kier alpha value is -3.07. The van der Waals surface area contributed by atoms with E-state index in [4.69, 9.17) is 4.98 Å². The fraction of sp³-hybridized carbons (Fsp3) is 0.486. The monoisotopic (exact) mass is 537 g/mol. The number of hydrogen-bond acceptors (Lipinski definition) is 2. The molecule has 3 heteroatoms. The van der Waals surface area contributed by atoms with Gasteiger partial charge in [-0.05, 0) is 90.8 Å². The highest BCUT2D eigenvalue weighted by molar-refractivity contribution is 5.95. The van der Waals surface area contributed by atoms with Crippen molar-refractivity contribution in [2.75, 3.05) is 5.32 Å². The minimum atomic E-state index is 0.415. The van der Waals surface area contributed by atoms with E-state index in [1.54, 1.807) is 0 Å². The third-order valence-corrected chi connectivity index (χ3v) is 8.34. The number of nitrogens with one attached hydrogen (secondary N) is 2. The molecule has 3 aromatic carbocycles. The number of fused-ring (bicyclic) bond motifs is 1. The Kier molecular flexibility index (Phi) is 9.44. The van der Waals surface area contributed by atoms with Gasteiger partial charge < -0.3 is 10.3 Å². The Labute approximate surface area is 243 Å². The molecule has 0 aliphatic heterocycles. The number of H-pyrrole nitrogens is 1. The molecule has 1 heterocycles. The van der Waals surface area contributed by atoms with Crippen LogP contribution in [0, 0.1) is 20.8 Å². The molecule has 0 fully saturated rings. The van der Waals surface area contributed by atoms with Crippen molar-refractivity contribution in [3.8, 4) is 11.4 Å². The topological polar surface area (TPSA) is 40.7 Å². The Morgan fingerprint density at radius 1 is 0.750 bits per heavy atom. The van der Waals surface area contributed by atoms with Gasteiger partial charge in [0.15, 0.2) is 0 Å². The van der Waals surface area contributed by atoms with Crippen molar-refractivity contribution >= 4 is 22.4 Å². The number of anilines is 2. The first kappa shape index (κ1) is 29.9. The zero-order valence-electron chi connectivity index (χ0n) is 26.7. The summed E-state index contributed by atoms with van der Waals surface area (Å²) in [6, 6.07) is 13.9. The van der Waals surface area contributed by atoms with Crippen molar-refractivity contribution in [2.45, 2.75) is 119 Å². The van der Waals surface area contributed by atoms with Gasteiger partial charge in [-0.25, -0.2) is 4.98 Å². The average molecular weight is 538 g/mol. The van der Waals surface area contributed by atoms with E-state index in [1.807, 2.05) is 0 Å². The number of nitrogens with zero attached hydrogens (tertiary/aromatic N) is 1. The lowest BCUT2D eigenvalue weighted by Gasteiger charge is -2.25. The van der Waals surface area contributed by atoms with Crippen LogP contribution < -0.4 is 5.32 Å². The fourth-order valence-electron chi connectivity index (χ4n) is 6.10. The molecule has 4 rings (SSSR count). The van der Waals surface area contributed by atoms with E-state index in [-0.39, 0.29) is 0 Å². The third kappa shape index (κ3) is 6.29. The van der Waals surface area contributed by atoms with Crippen LogP contribution in [-0.2, 0) is 6.42 Å². The molecule has 0 saturated heterocycles. The van der Waals surface area contributed by atoms with E-state index in [2.05, 4.69) is 116 Å². The second kappa shape index (κ2) is 12.6. The van der Waals surface area contributed by atoms with Gasteiger partial charge in [-0.3, -0.25) is 0 Å².